The number of benzene rings is 1. The average Bonchev–Trinajstić information content (AvgIpc) is 3.08. The number of methoxy groups -OCH3 is 1. The molecule has 0 saturated carbocycles. The standard InChI is InChI=1S/C15H15ClN4O3/c1-20(17-10-13-4-3-9-23-13)14(15(21)22-2)19-18-12-7-5-11(16)6-8-12/h3-10,18H,1-2H3/b17-10+,19-14-. The van der Waals surface area contributed by atoms with Crippen molar-refractivity contribution in [3.8, 4) is 0 Å². The predicted molar refractivity (Wildman–Crippen MR) is 88.6 cm³/mol. The number of hydrogen-bond acceptors (Lipinski definition) is 6. The minimum absolute atomic E-state index is 0.0229. The van der Waals surface area contributed by atoms with Crippen LogP contribution in [-0.4, -0.2) is 37.2 Å². The molecule has 1 aromatic heterocycles. The van der Waals surface area contributed by atoms with E-state index in [4.69, 9.17) is 20.8 Å². The highest BCUT2D eigenvalue weighted by Gasteiger charge is 2.17. The number of furan rings is 1. The first-order valence-corrected chi connectivity index (χ1v) is 6.96. The fourth-order valence-electron chi connectivity index (χ4n) is 1.55. The van der Waals surface area contributed by atoms with E-state index in [9.17, 15) is 4.79 Å². The number of carbonyl (C=O) groups is 1. The number of hydrazone groups is 2. The van der Waals surface area contributed by atoms with Gasteiger partial charge >= 0.3 is 5.97 Å². The Bertz CT molecular complexity index is 696. The molecule has 0 aliphatic heterocycles. The van der Waals surface area contributed by atoms with Gasteiger partial charge in [-0.2, -0.15) is 5.10 Å². The highest BCUT2D eigenvalue weighted by Crippen LogP contribution is 2.13. The molecule has 1 aromatic carbocycles. The fourth-order valence-corrected chi connectivity index (χ4v) is 1.67. The Morgan fingerprint density at radius 1 is 1.35 bits per heavy atom. The number of esters is 1. The lowest BCUT2D eigenvalue weighted by atomic mass is 10.3. The van der Waals surface area contributed by atoms with Crippen LogP contribution < -0.4 is 5.43 Å². The number of nitrogens with zero attached hydrogens (tertiary/aromatic N) is 3. The summed E-state index contributed by atoms with van der Waals surface area (Å²) in [4.78, 5) is 11.8. The molecule has 2 rings (SSSR count). The van der Waals surface area contributed by atoms with Gasteiger partial charge < -0.3 is 9.15 Å². The molecule has 0 fully saturated rings. The lowest BCUT2D eigenvalue weighted by molar-refractivity contribution is -0.133. The van der Waals surface area contributed by atoms with Crippen LogP contribution in [-0.2, 0) is 9.53 Å². The molecule has 0 aliphatic rings. The largest absolute Gasteiger partial charge is 0.463 e. The average molecular weight is 335 g/mol. The van der Waals surface area contributed by atoms with E-state index in [1.807, 2.05) is 0 Å². The molecular weight excluding hydrogens is 320 g/mol. The summed E-state index contributed by atoms with van der Waals surface area (Å²) in [7, 11) is 2.84. The van der Waals surface area contributed by atoms with Gasteiger partial charge in [-0.1, -0.05) is 11.6 Å². The molecule has 0 saturated heterocycles. The van der Waals surface area contributed by atoms with Gasteiger partial charge in [-0.25, -0.2) is 9.80 Å². The first-order valence-electron chi connectivity index (χ1n) is 6.59. The number of amidine groups is 1. The van der Waals surface area contributed by atoms with Crippen molar-refractivity contribution in [3.63, 3.8) is 0 Å². The van der Waals surface area contributed by atoms with E-state index in [2.05, 4.69) is 15.6 Å². The highest BCUT2D eigenvalue weighted by molar-refractivity contribution is 6.35. The summed E-state index contributed by atoms with van der Waals surface area (Å²) in [5.41, 5.74) is 3.42. The molecular formula is C15H15ClN4O3. The Hall–Kier alpha value is -2.80. The maximum Gasteiger partial charge on any atom is 0.377 e. The minimum Gasteiger partial charge on any atom is -0.463 e. The smallest absolute Gasteiger partial charge is 0.377 e. The van der Waals surface area contributed by atoms with Gasteiger partial charge in [0.15, 0.2) is 0 Å². The van der Waals surface area contributed by atoms with Gasteiger partial charge in [-0.05, 0) is 36.4 Å². The van der Waals surface area contributed by atoms with E-state index in [-0.39, 0.29) is 5.84 Å². The number of anilines is 1. The van der Waals surface area contributed by atoms with Crippen molar-refractivity contribution in [2.45, 2.75) is 0 Å². The van der Waals surface area contributed by atoms with E-state index >= 15 is 0 Å². The van der Waals surface area contributed by atoms with Gasteiger partial charge in [0.25, 0.3) is 5.84 Å². The van der Waals surface area contributed by atoms with Crippen LogP contribution in [0.2, 0.25) is 5.02 Å². The van der Waals surface area contributed by atoms with Gasteiger partial charge in [-0.15, -0.1) is 5.10 Å². The number of nitrogens with one attached hydrogen (secondary N) is 1. The van der Waals surface area contributed by atoms with Gasteiger partial charge in [0, 0.05) is 12.1 Å². The van der Waals surface area contributed by atoms with Crippen LogP contribution >= 0.6 is 11.6 Å². The Morgan fingerprint density at radius 3 is 2.70 bits per heavy atom. The summed E-state index contributed by atoms with van der Waals surface area (Å²) in [5, 5.41) is 9.99. The molecule has 0 atom stereocenters. The molecule has 0 bridgehead atoms. The van der Waals surface area contributed by atoms with Crippen molar-refractivity contribution in [1.82, 2.24) is 5.01 Å². The maximum atomic E-state index is 11.8. The zero-order chi connectivity index (χ0) is 16.7. The number of halogens is 1. The van der Waals surface area contributed by atoms with E-state index < -0.39 is 5.97 Å². The second kappa shape index (κ2) is 8.00. The topological polar surface area (TPSA) is 79.4 Å². The van der Waals surface area contributed by atoms with Crippen molar-refractivity contribution in [3.05, 3.63) is 53.4 Å². The van der Waals surface area contributed by atoms with Crippen LogP contribution in [0.15, 0.2) is 57.3 Å². The number of carbonyl (C=O) groups excluding carboxylic acids is 1. The quantitative estimate of drug-likeness (QED) is 0.402. The predicted octanol–water partition coefficient (Wildman–Crippen LogP) is 2.80. The molecule has 120 valence electrons. The SMILES string of the molecule is COC(=O)/C(=N/Nc1ccc(Cl)cc1)N(C)/N=C/c1ccco1. The summed E-state index contributed by atoms with van der Waals surface area (Å²) in [6, 6.07) is 10.3. The molecule has 8 heteroatoms. The van der Waals surface area contributed by atoms with Crippen molar-refractivity contribution < 1.29 is 13.9 Å². The van der Waals surface area contributed by atoms with Gasteiger partial charge in [-0.3, -0.25) is 5.43 Å². The zero-order valence-corrected chi connectivity index (χ0v) is 13.3. The van der Waals surface area contributed by atoms with E-state index in [1.54, 1.807) is 43.4 Å². The second-order valence-electron chi connectivity index (χ2n) is 4.33. The van der Waals surface area contributed by atoms with Crippen LogP contribution in [0, 0.1) is 0 Å². The van der Waals surface area contributed by atoms with Crippen LogP contribution in [0.5, 0.6) is 0 Å². The van der Waals surface area contributed by atoms with E-state index in [0.29, 0.717) is 16.5 Å². The Labute approximate surface area is 138 Å². The Morgan fingerprint density at radius 2 is 2.09 bits per heavy atom. The summed E-state index contributed by atoms with van der Waals surface area (Å²) >= 11 is 5.81. The third-order valence-electron chi connectivity index (χ3n) is 2.71. The molecule has 0 amide bonds. The number of likely N-dealkylation sites (N-methyl/N-ethyl adjacent to an activating group) is 1. The zero-order valence-electron chi connectivity index (χ0n) is 12.6. The molecule has 1 N–H and O–H groups in total. The van der Waals surface area contributed by atoms with Gasteiger partial charge in [0.2, 0.25) is 0 Å². The van der Waals surface area contributed by atoms with Crippen LogP contribution in [0.1, 0.15) is 5.76 Å². The first kappa shape index (κ1) is 16.6. The Kier molecular flexibility index (Phi) is 5.76. The van der Waals surface area contributed by atoms with Crippen LogP contribution in [0.3, 0.4) is 0 Å². The van der Waals surface area contributed by atoms with Gasteiger partial charge in [0.05, 0.1) is 25.3 Å². The lowest BCUT2D eigenvalue weighted by Crippen LogP contribution is -2.31. The molecule has 23 heavy (non-hydrogen) atoms. The lowest BCUT2D eigenvalue weighted by Gasteiger charge is -2.13. The van der Waals surface area contributed by atoms with Crippen molar-refractivity contribution in [1.29, 1.82) is 0 Å². The molecule has 0 spiro atoms. The first-order chi connectivity index (χ1) is 11.1. The summed E-state index contributed by atoms with van der Waals surface area (Å²) in [5.74, 6) is -0.109. The maximum absolute atomic E-state index is 11.8. The Balaban J connectivity index is 2.13. The van der Waals surface area contributed by atoms with Gasteiger partial charge in [0.1, 0.15) is 5.76 Å². The van der Waals surface area contributed by atoms with Crippen molar-refractivity contribution in [2.24, 2.45) is 10.2 Å². The highest BCUT2D eigenvalue weighted by atomic mass is 35.5. The van der Waals surface area contributed by atoms with E-state index in [1.165, 1.54) is 24.6 Å². The molecule has 2 aromatic rings. The second-order valence-corrected chi connectivity index (χ2v) is 4.77. The third-order valence-corrected chi connectivity index (χ3v) is 2.96. The summed E-state index contributed by atoms with van der Waals surface area (Å²) < 4.78 is 9.84. The number of rotatable bonds is 4. The molecule has 7 nitrogen and oxygen atoms in total. The fraction of sp³-hybridized carbons (Fsp3) is 0.133. The van der Waals surface area contributed by atoms with Crippen molar-refractivity contribution >= 4 is 35.3 Å². The summed E-state index contributed by atoms with van der Waals surface area (Å²) in [6.45, 7) is 0. The molecule has 1 heterocycles. The molecule has 0 aliphatic carbocycles. The van der Waals surface area contributed by atoms with Crippen LogP contribution in [0.25, 0.3) is 0 Å². The molecule has 0 unspecified atom stereocenters. The monoisotopic (exact) mass is 334 g/mol. The van der Waals surface area contributed by atoms with E-state index in [0.717, 1.165) is 0 Å². The normalized spacial score (nSPS) is 11.5. The summed E-state index contributed by atoms with van der Waals surface area (Å²) in [6.07, 6.45) is 2.99. The van der Waals surface area contributed by atoms with Crippen molar-refractivity contribution in [2.75, 3.05) is 19.6 Å². The minimum atomic E-state index is -0.634. The number of ether oxygens (including phenoxy) is 1. The van der Waals surface area contributed by atoms with Crippen LogP contribution in [0.4, 0.5) is 5.69 Å². The molecule has 0 radical (unpaired) electrons. The number of hydrogen-bond donors (Lipinski definition) is 1. The third kappa shape index (κ3) is 4.86.